The largest absolute Gasteiger partial charge is 0.389 e. The Morgan fingerprint density at radius 3 is 2.91 bits per heavy atom. The predicted molar refractivity (Wildman–Crippen MR) is 86.0 cm³/mol. The summed E-state index contributed by atoms with van der Waals surface area (Å²) in [6.45, 7) is 5.27. The molecule has 1 atom stereocenters. The lowest BCUT2D eigenvalue weighted by Crippen LogP contribution is -2.01. The molecule has 0 radical (unpaired) electrons. The molecule has 2 aromatic carbocycles. The van der Waals surface area contributed by atoms with Crippen LogP contribution in [0.4, 0.5) is 4.39 Å². The molecule has 0 spiro atoms. The lowest BCUT2D eigenvalue weighted by molar-refractivity contribution is 0.195. The fourth-order valence-corrected chi connectivity index (χ4v) is 2.72. The Kier molecular flexibility index (Phi) is 3.77. The molecule has 2 N–H and O–H groups in total. The first kappa shape index (κ1) is 14.5. The van der Waals surface area contributed by atoms with Crippen molar-refractivity contribution in [2.24, 2.45) is 0 Å². The number of nitrogens with one attached hydrogen (secondary N) is 1. The van der Waals surface area contributed by atoms with Crippen LogP contribution in [0.15, 0.2) is 49.3 Å². The highest BCUT2D eigenvalue weighted by atomic mass is 19.1. The number of hydrogen-bond donors (Lipinski definition) is 2. The Bertz CT molecular complexity index is 836. The molecule has 1 heterocycles. The molecule has 112 valence electrons. The van der Waals surface area contributed by atoms with Crippen molar-refractivity contribution in [2.45, 2.75) is 19.4 Å². The minimum atomic E-state index is -0.886. The molecular formula is C18H17FN2O. The molecular weight excluding hydrogens is 279 g/mol. The first-order chi connectivity index (χ1) is 10.6. The smallest absolute Gasteiger partial charge is 0.129 e. The highest BCUT2D eigenvalue weighted by Crippen LogP contribution is 2.33. The number of imidazole rings is 1. The Morgan fingerprint density at radius 2 is 2.18 bits per heavy atom. The molecule has 0 saturated carbocycles. The van der Waals surface area contributed by atoms with Gasteiger partial charge in [0, 0.05) is 5.56 Å². The number of aliphatic hydroxyl groups excluding tert-OH is 1. The van der Waals surface area contributed by atoms with Crippen molar-refractivity contribution in [3.63, 3.8) is 0 Å². The van der Waals surface area contributed by atoms with Gasteiger partial charge in [-0.3, -0.25) is 0 Å². The SMILES string of the molecule is C=CCc1cc(F)c(C(C)O)c(-c2ccc3[nH]cnc3c2)c1. The van der Waals surface area contributed by atoms with Crippen molar-refractivity contribution in [3.05, 3.63) is 66.3 Å². The zero-order valence-corrected chi connectivity index (χ0v) is 12.3. The van der Waals surface area contributed by atoms with Crippen LogP contribution in [0.25, 0.3) is 22.2 Å². The van der Waals surface area contributed by atoms with E-state index in [1.54, 1.807) is 19.3 Å². The standard InChI is InChI=1S/C18H17FN2O/c1-3-4-12-7-14(18(11(2)22)15(19)8-12)13-5-6-16-17(9-13)21-10-20-16/h3,5-11,22H,1,4H2,2H3,(H,20,21). The van der Waals surface area contributed by atoms with Gasteiger partial charge in [-0.25, -0.2) is 9.37 Å². The van der Waals surface area contributed by atoms with Crippen molar-refractivity contribution in [1.82, 2.24) is 9.97 Å². The van der Waals surface area contributed by atoms with Gasteiger partial charge in [-0.2, -0.15) is 0 Å². The van der Waals surface area contributed by atoms with Gasteiger partial charge in [0.25, 0.3) is 0 Å². The summed E-state index contributed by atoms with van der Waals surface area (Å²) in [5.41, 5.74) is 4.39. The number of hydrogen-bond acceptors (Lipinski definition) is 2. The molecule has 4 heteroatoms. The molecule has 1 unspecified atom stereocenters. The number of halogens is 1. The number of fused-ring (bicyclic) bond motifs is 1. The summed E-state index contributed by atoms with van der Waals surface area (Å²) >= 11 is 0. The van der Waals surface area contributed by atoms with Gasteiger partial charge < -0.3 is 10.1 Å². The second-order valence-electron chi connectivity index (χ2n) is 5.34. The zero-order valence-electron chi connectivity index (χ0n) is 12.3. The summed E-state index contributed by atoms with van der Waals surface area (Å²) in [5, 5.41) is 9.96. The minimum absolute atomic E-state index is 0.308. The first-order valence-corrected chi connectivity index (χ1v) is 7.15. The Labute approximate surface area is 128 Å². The average molecular weight is 296 g/mol. The van der Waals surface area contributed by atoms with Crippen molar-refractivity contribution in [3.8, 4) is 11.1 Å². The van der Waals surface area contributed by atoms with E-state index in [0.717, 1.165) is 22.2 Å². The molecule has 3 rings (SSSR count). The summed E-state index contributed by atoms with van der Waals surface area (Å²) in [4.78, 5) is 7.26. The molecule has 0 amide bonds. The van der Waals surface area contributed by atoms with E-state index in [4.69, 9.17) is 0 Å². The molecule has 0 aliphatic carbocycles. The number of aliphatic hydroxyl groups is 1. The van der Waals surface area contributed by atoms with Crippen molar-refractivity contribution in [1.29, 1.82) is 0 Å². The van der Waals surface area contributed by atoms with E-state index in [2.05, 4.69) is 16.5 Å². The maximum absolute atomic E-state index is 14.4. The van der Waals surface area contributed by atoms with E-state index in [1.807, 2.05) is 24.3 Å². The van der Waals surface area contributed by atoms with E-state index in [9.17, 15) is 9.50 Å². The first-order valence-electron chi connectivity index (χ1n) is 7.15. The topological polar surface area (TPSA) is 48.9 Å². The molecule has 1 aromatic heterocycles. The lowest BCUT2D eigenvalue weighted by Gasteiger charge is -2.15. The van der Waals surface area contributed by atoms with Crippen molar-refractivity contribution >= 4 is 11.0 Å². The molecule has 0 aliphatic rings. The molecule has 0 bridgehead atoms. The van der Waals surface area contributed by atoms with Gasteiger partial charge in [0.05, 0.1) is 23.5 Å². The Hall–Kier alpha value is -2.46. The van der Waals surface area contributed by atoms with Crippen LogP contribution in [0.1, 0.15) is 24.2 Å². The molecule has 22 heavy (non-hydrogen) atoms. The number of benzene rings is 2. The van der Waals surface area contributed by atoms with Crippen LogP contribution < -0.4 is 0 Å². The number of rotatable bonds is 4. The quantitative estimate of drug-likeness (QED) is 0.710. The van der Waals surface area contributed by atoms with Crippen LogP contribution in [0.2, 0.25) is 0 Å². The fraction of sp³-hybridized carbons (Fsp3) is 0.167. The zero-order chi connectivity index (χ0) is 15.7. The minimum Gasteiger partial charge on any atom is -0.389 e. The lowest BCUT2D eigenvalue weighted by atomic mass is 9.93. The number of allylic oxidation sites excluding steroid dienone is 1. The molecule has 0 aliphatic heterocycles. The van der Waals surface area contributed by atoms with Crippen LogP contribution in [0.3, 0.4) is 0 Å². The van der Waals surface area contributed by atoms with E-state index < -0.39 is 11.9 Å². The number of aromatic amines is 1. The monoisotopic (exact) mass is 296 g/mol. The van der Waals surface area contributed by atoms with Gasteiger partial charge in [-0.05, 0) is 48.2 Å². The third-order valence-electron chi connectivity index (χ3n) is 3.72. The van der Waals surface area contributed by atoms with Crippen LogP contribution in [-0.4, -0.2) is 15.1 Å². The van der Waals surface area contributed by atoms with E-state index in [0.29, 0.717) is 17.5 Å². The van der Waals surface area contributed by atoms with Gasteiger partial charge >= 0.3 is 0 Å². The van der Waals surface area contributed by atoms with Crippen LogP contribution >= 0.6 is 0 Å². The number of aromatic nitrogens is 2. The normalized spacial score (nSPS) is 12.5. The summed E-state index contributed by atoms with van der Waals surface area (Å²) in [5.74, 6) is -0.397. The maximum atomic E-state index is 14.4. The van der Waals surface area contributed by atoms with Gasteiger partial charge in [-0.15, -0.1) is 6.58 Å². The van der Waals surface area contributed by atoms with E-state index in [-0.39, 0.29) is 0 Å². The summed E-state index contributed by atoms with van der Waals surface area (Å²) < 4.78 is 14.4. The van der Waals surface area contributed by atoms with Crippen LogP contribution in [0.5, 0.6) is 0 Å². The fourth-order valence-electron chi connectivity index (χ4n) is 2.72. The third kappa shape index (κ3) is 2.53. The predicted octanol–water partition coefficient (Wildman–Crippen LogP) is 4.15. The second kappa shape index (κ2) is 5.73. The number of nitrogens with zero attached hydrogens (tertiary/aromatic N) is 1. The average Bonchev–Trinajstić information content (AvgIpc) is 2.93. The highest BCUT2D eigenvalue weighted by molar-refractivity contribution is 5.82. The van der Waals surface area contributed by atoms with Gasteiger partial charge in [0.2, 0.25) is 0 Å². The van der Waals surface area contributed by atoms with Crippen LogP contribution in [-0.2, 0) is 6.42 Å². The van der Waals surface area contributed by atoms with Gasteiger partial charge in [-0.1, -0.05) is 18.2 Å². The summed E-state index contributed by atoms with van der Waals surface area (Å²) in [6.07, 6.45) is 3.05. The maximum Gasteiger partial charge on any atom is 0.129 e. The molecule has 3 aromatic rings. The Balaban J connectivity index is 2.23. The van der Waals surface area contributed by atoms with E-state index >= 15 is 0 Å². The highest BCUT2D eigenvalue weighted by Gasteiger charge is 2.17. The van der Waals surface area contributed by atoms with Gasteiger partial charge in [0.15, 0.2) is 0 Å². The van der Waals surface area contributed by atoms with Crippen molar-refractivity contribution < 1.29 is 9.50 Å². The summed E-state index contributed by atoms with van der Waals surface area (Å²) in [7, 11) is 0. The number of H-pyrrole nitrogens is 1. The van der Waals surface area contributed by atoms with E-state index in [1.165, 1.54) is 6.07 Å². The molecule has 0 saturated heterocycles. The molecule has 3 nitrogen and oxygen atoms in total. The van der Waals surface area contributed by atoms with Crippen molar-refractivity contribution in [2.75, 3.05) is 0 Å². The van der Waals surface area contributed by atoms with Gasteiger partial charge in [0.1, 0.15) is 5.82 Å². The third-order valence-corrected chi connectivity index (χ3v) is 3.72. The molecule has 0 fully saturated rings. The van der Waals surface area contributed by atoms with Crippen LogP contribution in [0, 0.1) is 5.82 Å². The summed E-state index contributed by atoms with van der Waals surface area (Å²) in [6, 6.07) is 9.06. The second-order valence-corrected chi connectivity index (χ2v) is 5.34. The Morgan fingerprint density at radius 1 is 1.36 bits per heavy atom.